The van der Waals surface area contributed by atoms with Crippen molar-refractivity contribution >= 4 is 0 Å². The number of nitrogens with one attached hydrogen (secondary N) is 1. The van der Waals surface area contributed by atoms with E-state index in [1.54, 1.807) is 0 Å². The molecule has 0 atom stereocenters. The van der Waals surface area contributed by atoms with Crippen LogP contribution < -0.4 is 5.56 Å². The van der Waals surface area contributed by atoms with Gasteiger partial charge < -0.3 is 4.98 Å². The van der Waals surface area contributed by atoms with E-state index in [0.29, 0.717) is 0 Å². The van der Waals surface area contributed by atoms with E-state index < -0.39 is 35.2 Å². The zero-order chi connectivity index (χ0) is 11.8. The Morgan fingerprint density at radius 2 is 1.80 bits per heavy atom. The molecule has 1 heterocycles. The molecule has 0 aliphatic carbocycles. The van der Waals surface area contributed by atoms with E-state index in [4.69, 9.17) is 0 Å². The highest BCUT2D eigenvalue weighted by Gasteiger charge is 2.37. The van der Waals surface area contributed by atoms with Gasteiger partial charge in [-0.1, -0.05) is 0 Å². The minimum absolute atomic E-state index is 0.119. The average molecular weight is 231 g/mol. The van der Waals surface area contributed by atoms with Gasteiger partial charge in [0.15, 0.2) is 5.82 Å². The molecule has 1 rings (SSSR count). The fraction of sp³-hybridized carbons (Fsp3) is 0.286. The number of aromatic amines is 1. The number of rotatable bonds is 1. The van der Waals surface area contributed by atoms with E-state index in [1.807, 2.05) is 0 Å². The minimum Gasteiger partial charge on any atom is -0.315 e. The lowest BCUT2D eigenvalue weighted by atomic mass is 10.2. The zero-order valence-corrected chi connectivity index (χ0v) is 6.83. The Balaban J connectivity index is 3.49. The molecule has 0 spiro atoms. The number of hydrogen-bond donors (Lipinski definition) is 1. The van der Waals surface area contributed by atoms with Crippen LogP contribution in [0.15, 0.2) is 10.9 Å². The van der Waals surface area contributed by atoms with Crippen LogP contribution in [0.25, 0.3) is 0 Å². The Morgan fingerprint density at radius 3 is 2.20 bits per heavy atom. The lowest BCUT2D eigenvalue weighted by molar-refractivity contribution is -0.143. The second kappa shape index (κ2) is 3.59. The Kier molecular flexibility index (Phi) is 2.78. The standard InChI is InChI=1S/C7H3F6NO/c8-3-1-2(5(9)10)4(7(11,12)13)14-6(3)15/h1,5H,(H,14,15). The third kappa shape index (κ3) is 2.31. The third-order valence-corrected chi connectivity index (χ3v) is 1.54. The van der Waals surface area contributed by atoms with Crippen molar-refractivity contribution in [2.45, 2.75) is 12.6 Å². The molecule has 0 aromatic carbocycles. The highest BCUT2D eigenvalue weighted by molar-refractivity contribution is 5.24. The topological polar surface area (TPSA) is 32.9 Å². The number of hydrogen-bond acceptors (Lipinski definition) is 1. The van der Waals surface area contributed by atoms with Gasteiger partial charge in [0.2, 0.25) is 0 Å². The molecule has 84 valence electrons. The summed E-state index contributed by atoms with van der Waals surface area (Å²) in [6.45, 7) is 0. The largest absolute Gasteiger partial charge is 0.431 e. The van der Waals surface area contributed by atoms with Crippen molar-refractivity contribution in [1.29, 1.82) is 0 Å². The highest BCUT2D eigenvalue weighted by Crippen LogP contribution is 2.34. The SMILES string of the molecule is O=c1[nH]c(C(F)(F)F)c(C(F)F)cc1F. The van der Waals surface area contributed by atoms with Crippen molar-refractivity contribution in [3.8, 4) is 0 Å². The molecule has 0 saturated carbocycles. The molecule has 0 fully saturated rings. The summed E-state index contributed by atoms with van der Waals surface area (Å²) in [6, 6.07) is -0.119. The predicted octanol–water partition coefficient (Wildman–Crippen LogP) is 2.47. The second-order valence-corrected chi connectivity index (χ2v) is 2.58. The smallest absolute Gasteiger partial charge is 0.315 e. The lowest BCUT2D eigenvalue weighted by Crippen LogP contribution is -2.21. The summed E-state index contributed by atoms with van der Waals surface area (Å²) >= 11 is 0. The van der Waals surface area contributed by atoms with Gasteiger partial charge in [0.1, 0.15) is 5.69 Å². The molecule has 0 bridgehead atoms. The molecule has 0 radical (unpaired) electrons. The number of pyridine rings is 1. The summed E-state index contributed by atoms with van der Waals surface area (Å²) in [4.78, 5) is 11.5. The van der Waals surface area contributed by atoms with Crippen LogP contribution >= 0.6 is 0 Å². The van der Waals surface area contributed by atoms with Gasteiger partial charge in [-0.25, -0.2) is 13.2 Å². The normalized spacial score (nSPS) is 12.2. The van der Waals surface area contributed by atoms with Crippen LogP contribution in [0.5, 0.6) is 0 Å². The summed E-state index contributed by atoms with van der Waals surface area (Å²) in [5.41, 5.74) is -5.20. The van der Waals surface area contributed by atoms with Crippen LogP contribution in [-0.2, 0) is 6.18 Å². The van der Waals surface area contributed by atoms with Crippen molar-refractivity contribution in [3.05, 3.63) is 33.5 Å². The van der Waals surface area contributed by atoms with Crippen molar-refractivity contribution in [1.82, 2.24) is 4.98 Å². The first-order valence-corrected chi connectivity index (χ1v) is 3.51. The Morgan fingerprint density at radius 1 is 1.27 bits per heavy atom. The Labute approximate surface area is 78.5 Å². The summed E-state index contributed by atoms with van der Waals surface area (Å²) < 4.78 is 72.9. The van der Waals surface area contributed by atoms with Gasteiger partial charge in [-0.2, -0.15) is 13.2 Å². The monoisotopic (exact) mass is 231 g/mol. The van der Waals surface area contributed by atoms with Crippen LogP contribution in [0, 0.1) is 5.82 Å². The molecule has 0 aliphatic rings. The third-order valence-electron chi connectivity index (χ3n) is 1.54. The van der Waals surface area contributed by atoms with Crippen LogP contribution in [-0.4, -0.2) is 4.98 Å². The fourth-order valence-corrected chi connectivity index (χ4v) is 0.926. The van der Waals surface area contributed by atoms with Crippen molar-refractivity contribution in [2.24, 2.45) is 0 Å². The molecule has 0 saturated heterocycles. The van der Waals surface area contributed by atoms with E-state index in [1.165, 1.54) is 0 Å². The van der Waals surface area contributed by atoms with Gasteiger partial charge in [0.05, 0.1) is 0 Å². The molecule has 1 aromatic rings. The van der Waals surface area contributed by atoms with Crippen LogP contribution in [0.2, 0.25) is 0 Å². The van der Waals surface area contributed by atoms with Gasteiger partial charge >= 0.3 is 6.18 Å². The Bertz CT molecular complexity index is 420. The maximum Gasteiger partial charge on any atom is 0.431 e. The summed E-state index contributed by atoms with van der Waals surface area (Å²) in [5.74, 6) is -1.68. The second-order valence-electron chi connectivity index (χ2n) is 2.58. The summed E-state index contributed by atoms with van der Waals surface area (Å²) in [7, 11) is 0. The van der Waals surface area contributed by atoms with E-state index >= 15 is 0 Å². The van der Waals surface area contributed by atoms with E-state index in [9.17, 15) is 31.1 Å². The van der Waals surface area contributed by atoms with E-state index in [2.05, 4.69) is 0 Å². The maximum atomic E-state index is 12.5. The van der Waals surface area contributed by atoms with Crippen LogP contribution in [0.4, 0.5) is 26.3 Å². The van der Waals surface area contributed by atoms with Gasteiger partial charge in [-0.15, -0.1) is 0 Å². The average Bonchev–Trinajstić information content (AvgIpc) is 2.06. The predicted molar refractivity (Wildman–Crippen MR) is 37.0 cm³/mol. The minimum atomic E-state index is -5.15. The molecular weight excluding hydrogens is 228 g/mol. The lowest BCUT2D eigenvalue weighted by Gasteiger charge is -2.11. The van der Waals surface area contributed by atoms with Crippen molar-refractivity contribution < 1.29 is 26.3 Å². The van der Waals surface area contributed by atoms with E-state index in [0.717, 1.165) is 4.98 Å². The first-order valence-electron chi connectivity index (χ1n) is 3.51. The van der Waals surface area contributed by atoms with E-state index in [-0.39, 0.29) is 6.07 Å². The molecule has 1 aromatic heterocycles. The van der Waals surface area contributed by atoms with Gasteiger partial charge in [0, 0.05) is 5.56 Å². The van der Waals surface area contributed by atoms with Crippen molar-refractivity contribution in [3.63, 3.8) is 0 Å². The molecule has 15 heavy (non-hydrogen) atoms. The first-order chi connectivity index (χ1) is 6.73. The molecular formula is C7H3F6NO. The number of aromatic nitrogens is 1. The quantitative estimate of drug-likeness (QED) is 0.740. The molecule has 0 amide bonds. The summed E-state index contributed by atoms with van der Waals surface area (Å²) in [5, 5.41) is 0. The molecule has 0 aliphatic heterocycles. The first kappa shape index (κ1) is 11.6. The van der Waals surface area contributed by atoms with Gasteiger partial charge in [-0.05, 0) is 6.07 Å². The zero-order valence-electron chi connectivity index (χ0n) is 6.83. The fourth-order valence-electron chi connectivity index (χ4n) is 0.926. The Hall–Kier alpha value is -1.47. The molecule has 1 N–H and O–H groups in total. The molecule has 0 unspecified atom stereocenters. The highest BCUT2D eigenvalue weighted by atomic mass is 19.4. The maximum absolute atomic E-state index is 12.5. The van der Waals surface area contributed by atoms with Gasteiger partial charge in [-0.3, -0.25) is 4.79 Å². The molecule has 8 heteroatoms. The van der Waals surface area contributed by atoms with Crippen LogP contribution in [0.3, 0.4) is 0 Å². The molecule has 2 nitrogen and oxygen atoms in total. The van der Waals surface area contributed by atoms with Crippen LogP contribution in [0.1, 0.15) is 17.7 Å². The number of halogens is 6. The number of H-pyrrole nitrogens is 1. The number of alkyl halides is 5. The summed E-state index contributed by atoms with van der Waals surface area (Å²) in [6.07, 6.45) is -8.67. The van der Waals surface area contributed by atoms with Crippen molar-refractivity contribution in [2.75, 3.05) is 0 Å². The van der Waals surface area contributed by atoms with Gasteiger partial charge in [0.25, 0.3) is 12.0 Å².